The minimum Gasteiger partial charge on any atom is -0.258 e. The third-order valence-electron chi connectivity index (χ3n) is 3.12. The van der Waals surface area contributed by atoms with Gasteiger partial charge in [-0.1, -0.05) is 0 Å². The molecule has 0 aliphatic carbocycles. The van der Waals surface area contributed by atoms with Crippen LogP contribution in [0.2, 0.25) is 0 Å². The van der Waals surface area contributed by atoms with Gasteiger partial charge in [0.1, 0.15) is 6.04 Å². The lowest BCUT2D eigenvalue weighted by atomic mass is 10.3. The van der Waals surface area contributed by atoms with Gasteiger partial charge >= 0.3 is 22.6 Å². The summed E-state index contributed by atoms with van der Waals surface area (Å²) in [5, 5.41) is 10.8. The third-order valence-corrected chi connectivity index (χ3v) is 4.62. The molecule has 2 aromatic rings. The van der Waals surface area contributed by atoms with Crippen molar-refractivity contribution in [3.8, 4) is 0 Å². The molecule has 1 N–H and O–H groups in total. The Kier molecular flexibility index (Phi) is 4.65. The molecule has 0 amide bonds. The molecule has 0 radical (unpaired) electrons. The molecule has 1 aromatic heterocycles. The number of nitrogens with one attached hydrogen (secondary N) is 1. The molecule has 0 saturated heterocycles. The molecule has 0 saturated carbocycles. The van der Waals surface area contributed by atoms with Crippen molar-refractivity contribution in [2.45, 2.75) is 25.3 Å². The van der Waals surface area contributed by atoms with E-state index in [0.29, 0.717) is 13.0 Å². The molecule has 8 nitrogen and oxygen atoms in total. The van der Waals surface area contributed by atoms with Gasteiger partial charge in [0.2, 0.25) is 5.82 Å². The minimum atomic E-state index is -5.44. The molecule has 1 aromatic carbocycles. The van der Waals surface area contributed by atoms with Crippen LogP contribution in [0.25, 0.3) is 11.0 Å². The van der Waals surface area contributed by atoms with Gasteiger partial charge in [-0.15, -0.1) is 0 Å². The number of imidazole rings is 1. The first kappa shape index (κ1) is 19.9. The lowest BCUT2D eigenvalue weighted by Crippen LogP contribution is -2.45. The maximum absolute atomic E-state index is 13.1. The molecule has 1 unspecified atom stereocenters. The molecule has 0 aliphatic heterocycles. The summed E-state index contributed by atoms with van der Waals surface area (Å²) in [6.07, 6.45) is -10.4. The summed E-state index contributed by atoms with van der Waals surface area (Å²) in [5.41, 5.74) is -2.27. The molecule has 0 bridgehead atoms. The van der Waals surface area contributed by atoms with Gasteiger partial charge in [-0.2, -0.15) is 39.5 Å². The molecule has 1 heterocycles. The van der Waals surface area contributed by atoms with E-state index >= 15 is 0 Å². The monoisotopic (exact) mass is 406 g/mol. The van der Waals surface area contributed by atoms with E-state index in [2.05, 4.69) is 4.98 Å². The second kappa shape index (κ2) is 6.08. The fourth-order valence-electron chi connectivity index (χ4n) is 1.92. The van der Waals surface area contributed by atoms with Gasteiger partial charge in [0.15, 0.2) is 0 Å². The first-order chi connectivity index (χ1) is 11.6. The van der Waals surface area contributed by atoms with Gasteiger partial charge in [-0.3, -0.25) is 10.1 Å². The fraction of sp³-hybridized carbons (Fsp3) is 0.364. The second-order valence-electron chi connectivity index (χ2n) is 5.01. The average Bonchev–Trinajstić information content (AvgIpc) is 2.84. The normalized spacial score (nSPS) is 14.6. The first-order valence-electron chi connectivity index (χ1n) is 6.48. The number of aromatic nitrogens is 2. The van der Waals surface area contributed by atoms with Gasteiger partial charge in [0.05, 0.1) is 16.0 Å². The van der Waals surface area contributed by atoms with Crippen molar-refractivity contribution in [2.24, 2.45) is 0 Å². The third kappa shape index (κ3) is 3.72. The van der Waals surface area contributed by atoms with Crippen molar-refractivity contribution in [1.29, 1.82) is 0 Å². The van der Waals surface area contributed by atoms with Crippen LogP contribution in [0.5, 0.6) is 0 Å². The number of fused-ring (bicyclic) bond motifs is 1. The lowest BCUT2D eigenvalue weighted by molar-refractivity contribution is -0.384. The summed E-state index contributed by atoms with van der Waals surface area (Å²) in [5.74, 6) is -2.05. The molecule has 0 spiro atoms. The zero-order valence-corrected chi connectivity index (χ0v) is 13.3. The van der Waals surface area contributed by atoms with Crippen molar-refractivity contribution in [2.75, 3.05) is 0 Å². The number of rotatable bonds is 4. The highest BCUT2D eigenvalue weighted by Crippen LogP contribution is 2.34. The SMILES string of the molecule is CC(NS(=O)(=O)n1c(C(F)(F)F)nc2ccc([N+](=O)[O-])cc21)C(F)(F)F. The van der Waals surface area contributed by atoms with Crippen molar-refractivity contribution in [3.63, 3.8) is 0 Å². The number of nitro benzene ring substituents is 1. The lowest BCUT2D eigenvalue weighted by Gasteiger charge is -2.19. The van der Waals surface area contributed by atoms with Gasteiger partial charge in [0.25, 0.3) is 5.69 Å². The Bertz CT molecular complexity index is 965. The fourth-order valence-corrected chi connectivity index (χ4v) is 3.38. The zero-order valence-electron chi connectivity index (χ0n) is 12.5. The predicted octanol–water partition coefficient (Wildman–Crippen LogP) is 2.60. The van der Waals surface area contributed by atoms with Gasteiger partial charge in [-0.05, 0) is 13.0 Å². The van der Waals surface area contributed by atoms with Crippen LogP contribution < -0.4 is 4.72 Å². The van der Waals surface area contributed by atoms with Crippen molar-refractivity contribution >= 4 is 26.9 Å². The number of alkyl halides is 6. The Morgan fingerprint density at radius 3 is 2.27 bits per heavy atom. The van der Waals surface area contributed by atoms with E-state index in [4.69, 9.17) is 0 Å². The van der Waals surface area contributed by atoms with Crippen LogP contribution >= 0.6 is 0 Å². The number of hydrogen-bond donors (Lipinski definition) is 1. The Balaban J connectivity index is 2.77. The highest BCUT2D eigenvalue weighted by Gasteiger charge is 2.44. The molecule has 2 rings (SSSR count). The van der Waals surface area contributed by atoms with E-state index < -0.39 is 60.0 Å². The zero-order chi connectivity index (χ0) is 20.1. The van der Waals surface area contributed by atoms with Crippen LogP contribution in [-0.2, 0) is 16.4 Å². The molecular weight excluding hydrogens is 398 g/mol. The maximum atomic E-state index is 13.1. The summed E-state index contributed by atoms with van der Waals surface area (Å²) in [6.45, 7) is 0.381. The maximum Gasteiger partial charge on any atom is 0.450 e. The van der Waals surface area contributed by atoms with Crippen molar-refractivity contribution in [1.82, 2.24) is 13.7 Å². The first-order valence-corrected chi connectivity index (χ1v) is 7.92. The van der Waals surface area contributed by atoms with Crippen LogP contribution in [-0.4, -0.2) is 34.5 Å². The average molecular weight is 406 g/mol. The number of nitro groups is 1. The summed E-state index contributed by atoms with van der Waals surface area (Å²) >= 11 is 0. The Morgan fingerprint density at radius 1 is 1.23 bits per heavy atom. The van der Waals surface area contributed by atoms with E-state index in [1.54, 1.807) is 0 Å². The van der Waals surface area contributed by atoms with E-state index in [0.717, 1.165) is 16.9 Å². The Hall–Kier alpha value is -2.42. The quantitative estimate of drug-likeness (QED) is 0.477. The topological polar surface area (TPSA) is 107 Å². The largest absolute Gasteiger partial charge is 0.450 e. The molecule has 0 fully saturated rings. The predicted molar refractivity (Wildman–Crippen MR) is 74.4 cm³/mol. The number of non-ortho nitro benzene ring substituents is 1. The molecular formula is C11H8F6N4O4S. The number of nitrogens with zero attached hydrogens (tertiary/aromatic N) is 3. The number of halogens is 6. The summed E-state index contributed by atoms with van der Waals surface area (Å²) in [4.78, 5) is 12.8. The van der Waals surface area contributed by atoms with Crippen molar-refractivity contribution < 1.29 is 39.7 Å². The van der Waals surface area contributed by atoms with Gasteiger partial charge in [-0.25, -0.2) is 8.96 Å². The van der Waals surface area contributed by atoms with E-state index in [1.165, 1.54) is 0 Å². The molecule has 15 heteroatoms. The molecule has 144 valence electrons. The molecule has 26 heavy (non-hydrogen) atoms. The summed E-state index contributed by atoms with van der Waals surface area (Å²) < 4.78 is 102. The smallest absolute Gasteiger partial charge is 0.258 e. The minimum absolute atomic E-state index is 0.381. The number of benzene rings is 1. The Morgan fingerprint density at radius 2 is 1.81 bits per heavy atom. The second-order valence-corrected chi connectivity index (χ2v) is 6.56. The van der Waals surface area contributed by atoms with Crippen LogP contribution in [0.15, 0.2) is 18.2 Å². The van der Waals surface area contributed by atoms with Crippen LogP contribution in [0, 0.1) is 10.1 Å². The summed E-state index contributed by atoms with van der Waals surface area (Å²) in [7, 11) is -5.44. The van der Waals surface area contributed by atoms with Gasteiger partial charge < -0.3 is 0 Å². The summed E-state index contributed by atoms with van der Waals surface area (Å²) in [6, 6.07) is -0.723. The van der Waals surface area contributed by atoms with Crippen LogP contribution in [0.3, 0.4) is 0 Å². The van der Waals surface area contributed by atoms with Crippen LogP contribution in [0.1, 0.15) is 12.7 Å². The van der Waals surface area contributed by atoms with E-state index in [1.807, 2.05) is 0 Å². The standard InChI is InChI=1S/C11H8F6N4O4S/c1-5(10(12,13)14)19-26(24,25)20-8-4-6(21(22)23)2-3-7(8)18-9(20)11(15,16)17/h2-5,19H,1H3. The van der Waals surface area contributed by atoms with Crippen molar-refractivity contribution in [3.05, 3.63) is 34.1 Å². The van der Waals surface area contributed by atoms with Gasteiger partial charge in [0, 0.05) is 12.1 Å². The van der Waals surface area contributed by atoms with Crippen LogP contribution in [0.4, 0.5) is 32.0 Å². The van der Waals surface area contributed by atoms with E-state index in [-0.39, 0.29) is 0 Å². The highest BCUT2D eigenvalue weighted by atomic mass is 32.2. The Labute approximate surface area is 140 Å². The highest BCUT2D eigenvalue weighted by molar-refractivity contribution is 7.88. The molecule has 0 aliphatic rings. The van der Waals surface area contributed by atoms with E-state index in [9.17, 15) is 44.9 Å². The number of hydrogen-bond acceptors (Lipinski definition) is 5. The molecule has 1 atom stereocenters.